The molecule has 32 heavy (non-hydrogen) atoms. The normalized spacial score (nSPS) is 14.1. The molecule has 2 heterocycles. The number of carbonyl (C=O) groups is 2. The van der Waals surface area contributed by atoms with Crippen molar-refractivity contribution in [3.63, 3.8) is 0 Å². The van der Waals surface area contributed by atoms with E-state index in [-0.39, 0.29) is 22.8 Å². The first kappa shape index (κ1) is 21.0. The number of aryl methyl sites for hydroxylation is 2. The average Bonchev–Trinajstić information content (AvgIpc) is 3.35. The van der Waals surface area contributed by atoms with Gasteiger partial charge in [0.1, 0.15) is 11.5 Å². The fourth-order valence-electron chi connectivity index (χ4n) is 3.54. The predicted molar refractivity (Wildman–Crippen MR) is 113 cm³/mol. The summed E-state index contributed by atoms with van der Waals surface area (Å²) in [5.74, 6) is 0.539. The summed E-state index contributed by atoms with van der Waals surface area (Å²) in [5, 5.41) is 21.5. The molecule has 0 unspecified atom stereocenters. The van der Waals surface area contributed by atoms with Gasteiger partial charge in [-0.05, 0) is 32.8 Å². The number of hydrogen-bond donors (Lipinski definition) is 2. The highest BCUT2D eigenvalue weighted by Crippen LogP contribution is 2.30. The topological polar surface area (TPSA) is 153 Å². The summed E-state index contributed by atoms with van der Waals surface area (Å²) in [6, 6.07) is 6.97. The number of furan rings is 1. The lowest BCUT2D eigenvalue weighted by atomic mass is 9.93. The van der Waals surface area contributed by atoms with Crippen molar-refractivity contribution in [1.82, 2.24) is 10.6 Å². The molecule has 2 N–H and O–H groups in total. The first-order chi connectivity index (χ1) is 15.3. The third kappa shape index (κ3) is 4.13. The standard InChI is InChI=1S/C21H19N5O6/c1-11-9-17(25-32-11)22-21(28)19-12(2)18-15(7-4-8-16(18)31-19)23-24-20(27)13-5-3-6-14(10-13)26(29)30/h3,5-6,9-10H,4,7-8H2,1-2H3,(H,24,27)(H,22,25,28)/b23-15+. The second-order valence-electron chi connectivity index (χ2n) is 7.29. The van der Waals surface area contributed by atoms with Gasteiger partial charge in [-0.15, -0.1) is 0 Å². The summed E-state index contributed by atoms with van der Waals surface area (Å²) in [4.78, 5) is 35.4. The first-order valence-electron chi connectivity index (χ1n) is 9.82. The molecule has 4 rings (SSSR count). The van der Waals surface area contributed by atoms with Crippen molar-refractivity contribution in [1.29, 1.82) is 0 Å². The minimum atomic E-state index is -0.575. The molecule has 1 aliphatic rings. The molecule has 1 aromatic carbocycles. The van der Waals surface area contributed by atoms with Crippen LogP contribution < -0.4 is 10.7 Å². The largest absolute Gasteiger partial charge is 0.455 e. The number of fused-ring (bicyclic) bond motifs is 1. The van der Waals surface area contributed by atoms with Crippen LogP contribution in [-0.2, 0) is 6.42 Å². The summed E-state index contributed by atoms with van der Waals surface area (Å²) >= 11 is 0. The third-order valence-corrected chi connectivity index (χ3v) is 5.01. The van der Waals surface area contributed by atoms with Crippen LogP contribution in [0.3, 0.4) is 0 Å². The Balaban J connectivity index is 1.56. The van der Waals surface area contributed by atoms with Crippen molar-refractivity contribution >= 4 is 29.0 Å². The van der Waals surface area contributed by atoms with E-state index in [2.05, 4.69) is 21.0 Å². The smallest absolute Gasteiger partial charge is 0.292 e. The molecule has 1 aliphatic carbocycles. The van der Waals surface area contributed by atoms with Gasteiger partial charge in [0, 0.05) is 41.3 Å². The van der Waals surface area contributed by atoms with Crippen molar-refractivity contribution in [2.75, 3.05) is 5.32 Å². The molecule has 0 fully saturated rings. The SMILES string of the molecule is Cc1cc(NC(=O)c2oc3c(c2C)/C(=N/NC(=O)c2cccc([N+](=O)[O-])c2)CCC3)no1. The van der Waals surface area contributed by atoms with E-state index in [0.717, 1.165) is 6.42 Å². The predicted octanol–water partition coefficient (Wildman–Crippen LogP) is 3.52. The number of rotatable bonds is 5. The van der Waals surface area contributed by atoms with Crippen LogP contribution >= 0.6 is 0 Å². The maximum Gasteiger partial charge on any atom is 0.292 e. The number of carbonyl (C=O) groups excluding carboxylic acids is 2. The molecular formula is C21H19N5O6. The summed E-state index contributed by atoms with van der Waals surface area (Å²) in [5.41, 5.74) is 4.22. The van der Waals surface area contributed by atoms with E-state index >= 15 is 0 Å². The number of non-ortho nitro benzene ring substituents is 1. The number of amides is 2. The third-order valence-electron chi connectivity index (χ3n) is 5.01. The van der Waals surface area contributed by atoms with Gasteiger partial charge in [-0.2, -0.15) is 5.10 Å². The first-order valence-corrected chi connectivity index (χ1v) is 9.82. The fraction of sp³-hybridized carbons (Fsp3) is 0.238. The molecule has 0 aliphatic heterocycles. The number of benzene rings is 1. The Labute approximate surface area is 181 Å². The second-order valence-corrected chi connectivity index (χ2v) is 7.29. The summed E-state index contributed by atoms with van der Waals surface area (Å²) in [6.45, 7) is 3.46. The zero-order valence-electron chi connectivity index (χ0n) is 17.3. The van der Waals surface area contributed by atoms with E-state index in [4.69, 9.17) is 8.94 Å². The Morgan fingerprint density at radius 3 is 2.72 bits per heavy atom. The van der Waals surface area contributed by atoms with Crippen LogP contribution in [-0.4, -0.2) is 27.6 Å². The molecule has 0 atom stereocenters. The average molecular weight is 437 g/mol. The van der Waals surface area contributed by atoms with Gasteiger partial charge in [-0.3, -0.25) is 19.7 Å². The highest BCUT2D eigenvalue weighted by atomic mass is 16.6. The Bertz CT molecular complexity index is 1260. The van der Waals surface area contributed by atoms with Crippen molar-refractivity contribution in [3.8, 4) is 0 Å². The van der Waals surface area contributed by atoms with Crippen molar-refractivity contribution in [2.45, 2.75) is 33.1 Å². The van der Waals surface area contributed by atoms with E-state index in [9.17, 15) is 19.7 Å². The second kappa shape index (κ2) is 8.46. The summed E-state index contributed by atoms with van der Waals surface area (Å²) < 4.78 is 10.8. The Morgan fingerprint density at radius 2 is 2.00 bits per heavy atom. The van der Waals surface area contributed by atoms with Crippen LogP contribution in [0.2, 0.25) is 0 Å². The van der Waals surface area contributed by atoms with Crippen molar-refractivity contribution in [3.05, 3.63) is 74.4 Å². The molecule has 11 nitrogen and oxygen atoms in total. The zero-order chi connectivity index (χ0) is 22.8. The highest BCUT2D eigenvalue weighted by molar-refractivity contribution is 6.09. The highest BCUT2D eigenvalue weighted by Gasteiger charge is 2.28. The van der Waals surface area contributed by atoms with Crippen LogP contribution in [0.1, 0.15) is 56.4 Å². The van der Waals surface area contributed by atoms with Gasteiger partial charge in [-0.25, -0.2) is 5.43 Å². The van der Waals surface area contributed by atoms with Gasteiger partial charge in [0.15, 0.2) is 11.6 Å². The number of nitro groups is 1. The Hall–Kier alpha value is -4.28. The van der Waals surface area contributed by atoms with Crippen molar-refractivity contribution < 1.29 is 23.5 Å². The number of hydrazone groups is 1. The van der Waals surface area contributed by atoms with E-state index in [0.29, 0.717) is 41.2 Å². The van der Waals surface area contributed by atoms with Crippen LogP contribution in [0.15, 0.2) is 44.4 Å². The summed E-state index contributed by atoms with van der Waals surface area (Å²) in [6.07, 6.45) is 1.94. The van der Waals surface area contributed by atoms with Crippen LogP contribution in [0.4, 0.5) is 11.5 Å². The number of nitro benzene ring substituents is 1. The number of aromatic nitrogens is 1. The lowest BCUT2D eigenvalue weighted by molar-refractivity contribution is -0.384. The number of anilines is 1. The number of nitrogens with zero attached hydrogens (tertiary/aromatic N) is 3. The van der Waals surface area contributed by atoms with Gasteiger partial charge in [0.2, 0.25) is 0 Å². The maximum atomic E-state index is 12.7. The van der Waals surface area contributed by atoms with Crippen LogP contribution in [0.25, 0.3) is 0 Å². The fourth-order valence-corrected chi connectivity index (χ4v) is 3.54. The molecule has 0 saturated heterocycles. The molecule has 11 heteroatoms. The van der Waals surface area contributed by atoms with E-state index in [1.807, 2.05) is 0 Å². The monoisotopic (exact) mass is 437 g/mol. The number of nitrogens with one attached hydrogen (secondary N) is 2. The lowest BCUT2D eigenvalue weighted by Crippen LogP contribution is -2.22. The van der Waals surface area contributed by atoms with Gasteiger partial charge in [-0.1, -0.05) is 11.2 Å². The molecule has 2 aromatic heterocycles. The maximum absolute atomic E-state index is 12.7. The minimum absolute atomic E-state index is 0.117. The molecule has 3 aromatic rings. The molecule has 164 valence electrons. The van der Waals surface area contributed by atoms with E-state index in [1.165, 1.54) is 24.3 Å². The summed E-state index contributed by atoms with van der Waals surface area (Å²) in [7, 11) is 0. The molecule has 0 bridgehead atoms. The van der Waals surface area contributed by atoms with E-state index < -0.39 is 16.7 Å². The van der Waals surface area contributed by atoms with Crippen LogP contribution in [0.5, 0.6) is 0 Å². The van der Waals surface area contributed by atoms with Crippen LogP contribution in [0, 0.1) is 24.0 Å². The van der Waals surface area contributed by atoms with Gasteiger partial charge in [0.25, 0.3) is 17.5 Å². The quantitative estimate of drug-likeness (QED) is 0.457. The Morgan fingerprint density at radius 1 is 1.19 bits per heavy atom. The Kier molecular flexibility index (Phi) is 5.54. The van der Waals surface area contributed by atoms with Gasteiger partial charge < -0.3 is 14.3 Å². The minimum Gasteiger partial charge on any atom is -0.455 e. The zero-order valence-corrected chi connectivity index (χ0v) is 17.3. The van der Waals surface area contributed by atoms with Gasteiger partial charge >= 0.3 is 0 Å². The molecular weight excluding hydrogens is 418 g/mol. The molecule has 0 saturated carbocycles. The molecule has 0 spiro atoms. The molecule has 0 radical (unpaired) electrons. The van der Waals surface area contributed by atoms with Gasteiger partial charge in [0.05, 0.1) is 10.6 Å². The number of hydrogen-bond acceptors (Lipinski definition) is 8. The van der Waals surface area contributed by atoms with Crippen molar-refractivity contribution in [2.24, 2.45) is 5.10 Å². The molecule has 2 amide bonds. The van der Waals surface area contributed by atoms with E-state index in [1.54, 1.807) is 19.9 Å². The lowest BCUT2D eigenvalue weighted by Gasteiger charge is -2.13.